The van der Waals surface area contributed by atoms with Crippen LogP contribution in [0.25, 0.3) is 0 Å². The third-order valence-corrected chi connectivity index (χ3v) is 5.79. The summed E-state index contributed by atoms with van der Waals surface area (Å²) < 4.78 is 32.5. The van der Waals surface area contributed by atoms with Gasteiger partial charge in [-0.1, -0.05) is 18.2 Å². The van der Waals surface area contributed by atoms with Gasteiger partial charge >= 0.3 is 0 Å². The van der Waals surface area contributed by atoms with Crippen molar-refractivity contribution in [2.24, 2.45) is 0 Å². The maximum absolute atomic E-state index is 12.6. The number of carbonyl (C=O) groups is 2. The highest BCUT2D eigenvalue weighted by molar-refractivity contribution is 7.92. The van der Waals surface area contributed by atoms with Crippen LogP contribution in [-0.4, -0.2) is 34.4 Å². The second-order valence-corrected chi connectivity index (χ2v) is 8.13. The van der Waals surface area contributed by atoms with Gasteiger partial charge < -0.3 is 15.4 Å². The third-order valence-electron chi connectivity index (χ3n) is 4.39. The molecular formula is C22H21N3O5S. The van der Waals surface area contributed by atoms with E-state index in [2.05, 4.69) is 15.4 Å². The average molecular weight is 439 g/mol. The Hall–Kier alpha value is -3.85. The van der Waals surface area contributed by atoms with Gasteiger partial charge in [-0.2, -0.15) is 0 Å². The van der Waals surface area contributed by atoms with E-state index in [1.165, 1.54) is 56.6 Å². The Balaban J connectivity index is 1.76. The summed E-state index contributed by atoms with van der Waals surface area (Å²) in [7, 11) is -0.756. The lowest BCUT2D eigenvalue weighted by atomic mass is 10.1. The molecule has 0 radical (unpaired) electrons. The van der Waals surface area contributed by atoms with Crippen LogP contribution in [0, 0.1) is 0 Å². The Bertz CT molecular complexity index is 1190. The molecule has 0 saturated carbocycles. The van der Waals surface area contributed by atoms with Gasteiger partial charge in [-0.3, -0.25) is 14.3 Å². The Morgan fingerprint density at radius 1 is 0.839 bits per heavy atom. The van der Waals surface area contributed by atoms with E-state index in [0.29, 0.717) is 28.3 Å². The van der Waals surface area contributed by atoms with Crippen LogP contribution < -0.4 is 20.1 Å². The molecule has 0 aliphatic rings. The molecule has 0 spiro atoms. The predicted octanol–water partition coefficient (Wildman–Crippen LogP) is 3.11. The van der Waals surface area contributed by atoms with Gasteiger partial charge in [0.25, 0.3) is 21.8 Å². The topological polar surface area (TPSA) is 114 Å². The molecule has 0 bridgehead atoms. The largest absolute Gasteiger partial charge is 0.495 e. The second kappa shape index (κ2) is 9.31. The van der Waals surface area contributed by atoms with Crippen molar-refractivity contribution in [1.82, 2.24) is 5.32 Å². The first-order valence-electron chi connectivity index (χ1n) is 9.23. The smallest absolute Gasteiger partial charge is 0.261 e. The first kappa shape index (κ1) is 21.8. The fourth-order valence-corrected chi connectivity index (χ4v) is 3.87. The predicted molar refractivity (Wildman–Crippen MR) is 118 cm³/mol. The van der Waals surface area contributed by atoms with Gasteiger partial charge in [0, 0.05) is 23.9 Å². The number of sulfonamides is 1. The third kappa shape index (κ3) is 5.20. The molecule has 0 saturated heterocycles. The number of carbonyl (C=O) groups excluding carboxylic acids is 2. The van der Waals surface area contributed by atoms with Crippen molar-refractivity contribution in [3.63, 3.8) is 0 Å². The number of amides is 2. The van der Waals surface area contributed by atoms with Gasteiger partial charge in [-0.05, 0) is 54.6 Å². The molecule has 8 nitrogen and oxygen atoms in total. The van der Waals surface area contributed by atoms with Gasteiger partial charge in [0.2, 0.25) is 0 Å². The van der Waals surface area contributed by atoms with Gasteiger partial charge in [0.05, 0.1) is 17.7 Å². The zero-order valence-electron chi connectivity index (χ0n) is 16.9. The zero-order chi connectivity index (χ0) is 22.4. The molecule has 31 heavy (non-hydrogen) atoms. The van der Waals surface area contributed by atoms with Crippen molar-refractivity contribution >= 4 is 33.2 Å². The summed E-state index contributed by atoms with van der Waals surface area (Å²) in [5.74, 6) is -0.341. The van der Waals surface area contributed by atoms with Crippen molar-refractivity contribution in [2.75, 3.05) is 24.2 Å². The van der Waals surface area contributed by atoms with Crippen molar-refractivity contribution < 1.29 is 22.7 Å². The van der Waals surface area contributed by atoms with E-state index in [0.717, 1.165) is 0 Å². The summed E-state index contributed by atoms with van der Waals surface area (Å²) in [6.07, 6.45) is 0. The highest BCUT2D eigenvalue weighted by Crippen LogP contribution is 2.26. The monoisotopic (exact) mass is 439 g/mol. The molecule has 0 aromatic heterocycles. The molecule has 3 aromatic rings. The summed E-state index contributed by atoms with van der Waals surface area (Å²) in [6.45, 7) is 0. The zero-order valence-corrected chi connectivity index (χ0v) is 17.7. The number of hydrogen-bond donors (Lipinski definition) is 3. The lowest BCUT2D eigenvalue weighted by Crippen LogP contribution is -2.19. The first-order valence-corrected chi connectivity index (χ1v) is 10.7. The summed E-state index contributed by atoms with van der Waals surface area (Å²) in [5.41, 5.74) is 1.32. The summed E-state index contributed by atoms with van der Waals surface area (Å²) in [6, 6.07) is 18.6. The van der Waals surface area contributed by atoms with Crippen LogP contribution in [0.3, 0.4) is 0 Å². The van der Waals surface area contributed by atoms with Gasteiger partial charge in [-0.15, -0.1) is 0 Å². The van der Waals surface area contributed by atoms with Crippen molar-refractivity contribution in [1.29, 1.82) is 0 Å². The number of rotatable bonds is 7. The van der Waals surface area contributed by atoms with Gasteiger partial charge in [0.1, 0.15) is 5.75 Å². The number of ether oxygens (including phenoxy) is 1. The van der Waals surface area contributed by atoms with E-state index in [1.54, 1.807) is 30.3 Å². The Labute approximate surface area is 180 Å². The molecule has 0 unspecified atom stereocenters. The molecule has 160 valence electrons. The molecule has 0 atom stereocenters. The van der Waals surface area contributed by atoms with Crippen LogP contribution >= 0.6 is 0 Å². The Morgan fingerprint density at radius 3 is 2.10 bits per heavy atom. The maximum Gasteiger partial charge on any atom is 0.261 e. The van der Waals surface area contributed by atoms with Crippen molar-refractivity contribution in [3.05, 3.63) is 83.9 Å². The minimum atomic E-state index is -3.72. The first-order chi connectivity index (χ1) is 14.8. The SMILES string of the molecule is CNC(=O)c1ccc(OC)c(NC(=O)c2ccc(NS(=O)(=O)c3ccccc3)cc2)c1. The van der Waals surface area contributed by atoms with Crippen LogP contribution in [0.5, 0.6) is 5.75 Å². The van der Waals surface area contributed by atoms with E-state index < -0.39 is 15.9 Å². The molecule has 0 heterocycles. The number of methoxy groups -OCH3 is 1. The maximum atomic E-state index is 12.6. The quantitative estimate of drug-likeness (QED) is 0.524. The fraction of sp³-hybridized carbons (Fsp3) is 0.0909. The number of nitrogens with one attached hydrogen (secondary N) is 3. The molecule has 9 heteroatoms. The summed E-state index contributed by atoms with van der Waals surface area (Å²) in [5, 5.41) is 5.23. The number of benzene rings is 3. The summed E-state index contributed by atoms with van der Waals surface area (Å²) >= 11 is 0. The normalized spacial score (nSPS) is 10.8. The number of hydrogen-bond acceptors (Lipinski definition) is 5. The second-order valence-electron chi connectivity index (χ2n) is 6.44. The van der Waals surface area contributed by atoms with Crippen LogP contribution in [0.4, 0.5) is 11.4 Å². The molecular weight excluding hydrogens is 418 g/mol. The highest BCUT2D eigenvalue weighted by Gasteiger charge is 2.15. The summed E-state index contributed by atoms with van der Waals surface area (Å²) in [4.78, 5) is 24.6. The molecule has 0 aliphatic heterocycles. The lowest BCUT2D eigenvalue weighted by molar-refractivity contribution is 0.0961. The Kier molecular flexibility index (Phi) is 6.56. The molecule has 3 N–H and O–H groups in total. The van der Waals surface area contributed by atoms with E-state index >= 15 is 0 Å². The molecule has 0 aliphatic carbocycles. The van der Waals surface area contributed by atoms with Crippen LogP contribution in [0.15, 0.2) is 77.7 Å². The molecule has 3 rings (SSSR count). The lowest BCUT2D eigenvalue weighted by Gasteiger charge is -2.12. The van der Waals surface area contributed by atoms with Gasteiger partial charge in [0.15, 0.2) is 0 Å². The fourth-order valence-electron chi connectivity index (χ4n) is 2.79. The average Bonchev–Trinajstić information content (AvgIpc) is 2.79. The molecule has 3 aromatic carbocycles. The van der Waals surface area contributed by atoms with E-state index in [1.807, 2.05) is 0 Å². The minimum Gasteiger partial charge on any atom is -0.495 e. The van der Waals surface area contributed by atoms with Crippen molar-refractivity contribution in [2.45, 2.75) is 4.90 Å². The number of anilines is 2. The highest BCUT2D eigenvalue weighted by atomic mass is 32.2. The van der Waals surface area contributed by atoms with Gasteiger partial charge in [-0.25, -0.2) is 8.42 Å². The van der Waals surface area contributed by atoms with Crippen LogP contribution in [-0.2, 0) is 10.0 Å². The molecule has 0 fully saturated rings. The van der Waals surface area contributed by atoms with E-state index in [4.69, 9.17) is 4.74 Å². The van der Waals surface area contributed by atoms with Crippen LogP contribution in [0.1, 0.15) is 20.7 Å². The van der Waals surface area contributed by atoms with E-state index in [-0.39, 0.29) is 10.8 Å². The molecule has 2 amide bonds. The Morgan fingerprint density at radius 2 is 1.48 bits per heavy atom. The van der Waals surface area contributed by atoms with Crippen molar-refractivity contribution in [3.8, 4) is 5.75 Å². The minimum absolute atomic E-state index is 0.139. The van der Waals surface area contributed by atoms with E-state index in [9.17, 15) is 18.0 Å². The van der Waals surface area contributed by atoms with Crippen LogP contribution in [0.2, 0.25) is 0 Å². The standard InChI is InChI=1S/C22H21N3O5S/c1-23-21(26)16-10-13-20(30-2)19(14-16)24-22(27)15-8-11-17(12-9-15)25-31(28,29)18-6-4-3-5-7-18/h3-14,25H,1-2H3,(H,23,26)(H,24,27).